The number of carbonyl (C=O) groups is 1. The van der Waals surface area contributed by atoms with Crippen LogP contribution in [0, 0.1) is 0 Å². The predicted octanol–water partition coefficient (Wildman–Crippen LogP) is 4.52. The lowest BCUT2D eigenvalue weighted by molar-refractivity contribution is 0.0938. The lowest BCUT2D eigenvalue weighted by Crippen LogP contribution is -2.31. The molecule has 0 atom stereocenters. The minimum Gasteiger partial charge on any atom is -0.447 e. The summed E-state index contributed by atoms with van der Waals surface area (Å²) in [6.07, 6.45) is 1.43. The van der Waals surface area contributed by atoms with E-state index in [-0.39, 0.29) is 17.4 Å². The molecule has 1 amide bonds. The summed E-state index contributed by atoms with van der Waals surface area (Å²) in [4.78, 5) is 18.7. The standard InChI is InChI=1S/C22H33N3O2/c1-15(2)23-21(26)19-14-27-20(24-19)13-25(16(3)4)12-17-8-10-18(11-9-17)22(5,6)7/h8-11,14-16H,12-13H2,1-7H3,(H,23,26). The third-order valence-corrected chi connectivity index (χ3v) is 4.48. The van der Waals surface area contributed by atoms with Gasteiger partial charge in [-0.2, -0.15) is 0 Å². The maximum absolute atomic E-state index is 12.0. The van der Waals surface area contributed by atoms with Crippen molar-refractivity contribution in [2.45, 2.75) is 79.1 Å². The van der Waals surface area contributed by atoms with Gasteiger partial charge in [-0.1, -0.05) is 45.0 Å². The first-order valence-corrected chi connectivity index (χ1v) is 9.65. The number of amides is 1. The minimum atomic E-state index is -0.200. The summed E-state index contributed by atoms with van der Waals surface area (Å²) >= 11 is 0. The smallest absolute Gasteiger partial charge is 0.273 e. The monoisotopic (exact) mass is 371 g/mol. The molecule has 0 unspecified atom stereocenters. The van der Waals surface area contributed by atoms with Crippen LogP contribution in [0.5, 0.6) is 0 Å². The van der Waals surface area contributed by atoms with Gasteiger partial charge in [0.1, 0.15) is 6.26 Å². The van der Waals surface area contributed by atoms with Crippen LogP contribution in [0.4, 0.5) is 0 Å². The maximum Gasteiger partial charge on any atom is 0.273 e. The van der Waals surface area contributed by atoms with Crippen molar-refractivity contribution in [3.8, 4) is 0 Å². The summed E-state index contributed by atoms with van der Waals surface area (Å²) in [5.74, 6) is 0.359. The van der Waals surface area contributed by atoms with Crippen LogP contribution in [0.1, 0.15) is 76.0 Å². The van der Waals surface area contributed by atoms with Gasteiger partial charge in [-0.3, -0.25) is 9.69 Å². The van der Waals surface area contributed by atoms with Crippen molar-refractivity contribution in [3.63, 3.8) is 0 Å². The first kappa shape index (κ1) is 21.2. The van der Waals surface area contributed by atoms with E-state index in [4.69, 9.17) is 4.42 Å². The first-order chi connectivity index (χ1) is 12.6. The zero-order chi connectivity index (χ0) is 20.2. The average Bonchev–Trinajstić information content (AvgIpc) is 3.02. The third-order valence-electron chi connectivity index (χ3n) is 4.48. The lowest BCUT2D eigenvalue weighted by atomic mass is 9.87. The average molecular weight is 372 g/mol. The normalized spacial score (nSPS) is 12.2. The lowest BCUT2D eigenvalue weighted by Gasteiger charge is -2.25. The number of benzene rings is 1. The van der Waals surface area contributed by atoms with Crippen LogP contribution in [-0.4, -0.2) is 27.9 Å². The molecule has 0 spiro atoms. The van der Waals surface area contributed by atoms with E-state index in [1.807, 2.05) is 13.8 Å². The number of rotatable bonds is 7. The SMILES string of the molecule is CC(C)NC(=O)c1coc(CN(Cc2ccc(C(C)(C)C)cc2)C(C)C)n1. The molecule has 1 aromatic heterocycles. The highest BCUT2D eigenvalue weighted by Gasteiger charge is 2.18. The number of carbonyl (C=O) groups excluding carboxylic acids is 1. The molecule has 27 heavy (non-hydrogen) atoms. The van der Waals surface area contributed by atoms with Crippen molar-refractivity contribution in [1.82, 2.24) is 15.2 Å². The molecule has 148 valence electrons. The Morgan fingerprint density at radius 1 is 1.11 bits per heavy atom. The topological polar surface area (TPSA) is 58.4 Å². The molecular formula is C22H33N3O2. The number of hydrogen-bond acceptors (Lipinski definition) is 4. The van der Waals surface area contributed by atoms with Crippen LogP contribution >= 0.6 is 0 Å². The van der Waals surface area contributed by atoms with Gasteiger partial charge in [0.2, 0.25) is 5.89 Å². The Labute approximate surface area is 163 Å². The zero-order valence-corrected chi connectivity index (χ0v) is 17.7. The summed E-state index contributed by atoms with van der Waals surface area (Å²) in [5.41, 5.74) is 3.07. The second-order valence-corrected chi connectivity index (χ2v) is 8.70. The summed E-state index contributed by atoms with van der Waals surface area (Å²) in [5, 5.41) is 2.83. The molecule has 1 aromatic carbocycles. The molecule has 0 radical (unpaired) electrons. The fourth-order valence-electron chi connectivity index (χ4n) is 2.76. The molecule has 2 rings (SSSR count). The Kier molecular flexibility index (Phi) is 6.82. The fourth-order valence-corrected chi connectivity index (χ4v) is 2.76. The Morgan fingerprint density at radius 3 is 2.26 bits per heavy atom. The van der Waals surface area contributed by atoms with Gasteiger partial charge in [0.15, 0.2) is 5.69 Å². The molecule has 2 aromatic rings. The van der Waals surface area contributed by atoms with Crippen molar-refractivity contribution in [1.29, 1.82) is 0 Å². The Balaban J connectivity index is 2.06. The van der Waals surface area contributed by atoms with Crippen LogP contribution in [-0.2, 0) is 18.5 Å². The van der Waals surface area contributed by atoms with E-state index in [2.05, 4.69) is 74.1 Å². The molecule has 0 fully saturated rings. The van der Waals surface area contributed by atoms with E-state index in [9.17, 15) is 4.79 Å². The number of hydrogen-bond donors (Lipinski definition) is 1. The maximum atomic E-state index is 12.0. The van der Waals surface area contributed by atoms with E-state index >= 15 is 0 Å². The van der Waals surface area contributed by atoms with Crippen LogP contribution in [0.25, 0.3) is 0 Å². The van der Waals surface area contributed by atoms with Crippen molar-refractivity contribution in [2.75, 3.05) is 0 Å². The van der Waals surface area contributed by atoms with Gasteiger partial charge in [0.25, 0.3) is 5.91 Å². The van der Waals surface area contributed by atoms with Gasteiger partial charge in [-0.05, 0) is 44.2 Å². The Bertz CT molecular complexity index is 740. The molecule has 1 N–H and O–H groups in total. The Morgan fingerprint density at radius 2 is 1.74 bits per heavy atom. The van der Waals surface area contributed by atoms with Crippen molar-refractivity contribution >= 4 is 5.91 Å². The first-order valence-electron chi connectivity index (χ1n) is 9.65. The molecule has 1 heterocycles. The van der Waals surface area contributed by atoms with Gasteiger partial charge in [0.05, 0.1) is 6.54 Å². The zero-order valence-electron chi connectivity index (χ0n) is 17.7. The quantitative estimate of drug-likeness (QED) is 0.777. The predicted molar refractivity (Wildman–Crippen MR) is 109 cm³/mol. The Hall–Kier alpha value is -2.14. The highest BCUT2D eigenvalue weighted by atomic mass is 16.3. The highest BCUT2D eigenvalue weighted by molar-refractivity contribution is 5.92. The molecule has 0 aliphatic heterocycles. The van der Waals surface area contributed by atoms with Crippen LogP contribution in [0.15, 0.2) is 34.9 Å². The van der Waals surface area contributed by atoms with Crippen LogP contribution in [0.3, 0.4) is 0 Å². The molecule has 0 aliphatic carbocycles. The molecular weight excluding hydrogens is 338 g/mol. The van der Waals surface area contributed by atoms with E-state index in [1.54, 1.807) is 0 Å². The second kappa shape index (κ2) is 8.70. The number of oxazole rings is 1. The molecule has 0 saturated carbocycles. The van der Waals surface area contributed by atoms with Crippen LogP contribution < -0.4 is 5.32 Å². The summed E-state index contributed by atoms with van der Waals surface area (Å²) in [6, 6.07) is 9.17. The second-order valence-electron chi connectivity index (χ2n) is 8.70. The molecule has 0 saturated heterocycles. The van der Waals surface area contributed by atoms with E-state index in [0.717, 1.165) is 6.54 Å². The van der Waals surface area contributed by atoms with Crippen molar-refractivity contribution in [2.24, 2.45) is 0 Å². The minimum absolute atomic E-state index is 0.0703. The summed E-state index contributed by atoms with van der Waals surface area (Å²) in [7, 11) is 0. The number of aromatic nitrogens is 1. The fraction of sp³-hybridized carbons (Fsp3) is 0.545. The molecule has 5 nitrogen and oxygen atoms in total. The number of nitrogens with zero attached hydrogens (tertiary/aromatic N) is 2. The summed E-state index contributed by atoms with van der Waals surface area (Å²) < 4.78 is 5.54. The van der Waals surface area contributed by atoms with Gasteiger partial charge in [0, 0.05) is 18.6 Å². The van der Waals surface area contributed by atoms with Gasteiger partial charge < -0.3 is 9.73 Å². The summed E-state index contributed by atoms with van der Waals surface area (Å²) in [6.45, 7) is 16.2. The van der Waals surface area contributed by atoms with E-state index in [1.165, 1.54) is 17.4 Å². The van der Waals surface area contributed by atoms with Gasteiger partial charge in [-0.15, -0.1) is 0 Å². The largest absolute Gasteiger partial charge is 0.447 e. The van der Waals surface area contributed by atoms with E-state index < -0.39 is 0 Å². The van der Waals surface area contributed by atoms with E-state index in [0.29, 0.717) is 24.2 Å². The number of nitrogens with one attached hydrogen (secondary N) is 1. The molecule has 0 aliphatic rings. The highest BCUT2D eigenvalue weighted by Crippen LogP contribution is 2.23. The van der Waals surface area contributed by atoms with Crippen molar-refractivity contribution in [3.05, 3.63) is 53.2 Å². The molecule has 5 heteroatoms. The van der Waals surface area contributed by atoms with Gasteiger partial charge >= 0.3 is 0 Å². The van der Waals surface area contributed by atoms with Crippen molar-refractivity contribution < 1.29 is 9.21 Å². The molecule has 0 bridgehead atoms. The van der Waals surface area contributed by atoms with Gasteiger partial charge in [-0.25, -0.2) is 4.98 Å². The third kappa shape index (κ3) is 6.21. The van der Waals surface area contributed by atoms with Crippen LogP contribution in [0.2, 0.25) is 0 Å².